The molecule has 1 aliphatic rings. The molecular formula is C17H25NO3. The van der Waals surface area contributed by atoms with E-state index in [2.05, 4.69) is 17.9 Å². The molecule has 0 aromatic rings. The first-order chi connectivity index (χ1) is 9.99. The Kier molecular flexibility index (Phi) is 6.40. The van der Waals surface area contributed by atoms with Crippen molar-refractivity contribution in [1.82, 2.24) is 4.90 Å². The lowest BCUT2D eigenvalue weighted by molar-refractivity contribution is -0.141. The van der Waals surface area contributed by atoms with Crippen LogP contribution < -0.4 is 0 Å². The van der Waals surface area contributed by atoms with E-state index in [9.17, 15) is 9.59 Å². The van der Waals surface area contributed by atoms with Crippen LogP contribution in [0, 0.1) is 0 Å². The molecule has 0 aliphatic heterocycles. The lowest BCUT2D eigenvalue weighted by Crippen LogP contribution is -2.39. The van der Waals surface area contributed by atoms with Crippen LogP contribution in [0.5, 0.6) is 0 Å². The Morgan fingerprint density at radius 2 is 1.95 bits per heavy atom. The van der Waals surface area contributed by atoms with Crippen LogP contribution in [0.25, 0.3) is 0 Å². The topological polar surface area (TPSA) is 46.6 Å². The number of rotatable bonds is 9. The van der Waals surface area contributed by atoms with E-state index in [-0.39, 0.29) is 23.8 Å². The van der Waals surface area contributed by atoms with Gasteiger partial charge in [0.05, 0.1) is 7.11 Å². The third-order valence-electron chi connectivity index (χ3n) is 4.04. The van der Waals surface area contributed by atoms with Crippen LogP contribution in [0.2, 0.25) is 0 Å². The lowest BCUT2D eigenvalue weighted by Gasteiger charge is -2.29. The van der Waals surface area contributed by atoms with Gasteiger partial charge in [0, 0.05) is 25.4 Å². The number of esters is 1. The first-order valence-electron chi connectivity index (χ1n) is 7.26. The first kappa shape index (κ1) is 17.2. The van der Waals surface area contributed by atoms with Gasteiger partial charge in [0.15, 0.2) is 0 Å². The number of ether oxygens (including phenoxy) is 1. The second-order valence-corrected chi connectivity index (χ2v) is 5.46. The maximum Gasteiger partial charge on any atom is 0.305 e. The molecular weight excluding hydrogens is 266 g/mol. The van der Waals surface area contributed by atoms with E-state index in [1.807, 2.05) is 24.1 Å². The molecule has 116 valence electrons. The van der Waals surface area contributed by atoms with Crippen LogP contribution >= 0.6 is 0 Å². The highest BCUT2D eigenvalue weighted by Crippen LogP contribution is 2.46. The van der Waals surface area contributed by atoms with Crippen molar-refractivity contribution in [1.29, 1.82) is 0 Å². The van der Waals surface area contributed by atoms with Gasteiger partial charge in [-0.3, -0.25) is 9.59 Å². The van der Waals surface area contributed by atoms with Gasteiger partial charge >= 0.3 is 5.97 Å². The van der Waals surface area contributed by atoms with Crippen molar-refractivity contribution in [2.75, 3.05) is 14.2 Å². The number of allylic oxidation sites excluding steroid dienone is 3. The van der Waals surface area contributed by atoms with E-state index < -0.39 is 0 Å². The average Bonchev–Trinajstić information content (AvgIpc) is 3.26. The van der Waals surface area contributed by atoms with Gasteiger partial charge in [-0.05, 0) is 31.3 Å². The van der Waals surface area contributed by atoms with Crippen LogP contribution in [0.1, 0.15) is 38.5 Å². The molecule has 21 heavy (non-hydrogen) atoms. The number of carbonyl (C=O) groups is 2. The van der Waals surface area contributed by atoms with E-state index in [1.165, 1.54) is 7.11 Å². The quantitative estimate of drug-likeness (QED) is 0.484. The van der Waals surface area contributed by atoms with Gasteiger partial charge in [0.25, 0.3) is 0 Å². The van der Waals surface area contributed by atoms with Crippen LogP contribution in [-0.2, 0) is 14.3 Å². The molecule has 0 saturated heterocycles. The largest absolute Gasteiger partial charge is 0.469 e. The normalized spacial score (nSPS) is 16.0. The highest BCUT2D eigenvalue weighted by atomic mass is 16.5. The van der Waals surface area contributed by atoms with Crippen molar-refractivity contribution >= 4 is 11.9 Å². The molecule has 1 saturated carbocycles. The van der Waals surface area contributed by atoms with Gasteiger partial charge in [-0.1, -0.05) is 31.4 Å². The van der Waals surface area contributed by atoms with Crippen molar-refractivity contribution in [2.45, 2.75) is 44.1 Å². The Hall–Kier alpha value is -1.84. The monoisotopic (exact) mass is 291 g/mol. The van der Waals surface area contributed by atoms with Crippen molar-refractivity contribution < 1.29 is 14.3 Å². The minimum Gasteiger partial charge on any atom is -0.469 e. The number of hydrogen-bond donors (Lipinski definition) is 0. The number of nitrogens with zero attached hydrogens (tertiary/aromatic N) is 1. The fourth-order valence-electron chi connectivity index (χ4n) is 2.42. The van der Waals surface area contributed by atoms with Crippen molar-refractivity contribution in [3.63, 3.8) is 0 Å². The molecule has 1 rings (SSSR count). The van der Waals surface area contributed by atoms with Crippen molar-refractivity contribution in [3.05, 3.63) is 37.0 Å². The summed E-state index contributed by atoms with van der Waals surface area (Å²) < 4.78 is 4.57. The van der Waals surface area contributed by atoms with E-state index in [0.717, 1.165) is 24.8 Å². The molecule has 0 bridgehead atoms. The Morgan fingerprint density at radius 3 is 2.43 bits per heavy atom. The molecule has 1 amide bonds. The molecule has 0 atom stereocenters. The second kappa shape index (κ2) is 7.81. The highest BCUT2D eigenvalue weighted by Gasteiger charge is 2.48. The standard InChI is InChI=1S/C17H25NO3/c1-5-8-14(6-2)13-17(11-12-17)18(3)15(19)9-7-10-16(20)21-4/h5-6,8H,1-2,7,9-13H2,3-4H3/b14-8+. The molecule has 4 nitrogen and oxygen atoms in total. The number of methoxy groups -OCH3 is 1. The summed E-state index contributed by atoms with van der Waals surface area (Å²) in [4.78, 5) is 25.1. The molecule has 0 heterocycles. The summed E-state index contributed by atoms with van der Waals surface area (Å²) >= 11 is 0. The summed E-state index contributed by atoms with van der Waals surface area (Å²) in [5, 5.41) is 0. The Morgan fingerprint density at radius 1 is 1.29 bits per heavy atom. The summed E-state index contributed by atoms with van der Waals surface area (Å²) in [5.41, 5.74) is 1.02. The smallest absolute Gasteiger partial charge is 0.305 e. The van der Waals surface area contributed by atoms with Gasteiger partial charge in [0.2, 0.25) is 5.91 Å². The Bertz CT molecular complexity index is 447. The Balaban J connectivity index is 2.53. The fraction of sp³-hybridized carbons (Fsp3) is 0.529. The fourth-order valence-corrected chi connectivity index (χ4v) is 2.42. The summed E-state index contributed by atoms with van der Waals surface area (Å²) in [6, 6.07) is 0. The minimum absolute atomic E-state index is 0.0780. The second-order valence-electron chi connectivity index (χ2n) is 5.46. The molecule has 0 spiro atoms. The van der Waals surface area contributed by atoms with Crippen molar-refractivity contribution in [3.8, 4) is 0 Å². The zero-order chi connectivity index (χ0) is 15.9. The first-order valence-corrected chi connectivity index (χ1v) is 7.26. The van der Waals surface area contributed by atoms with E-state index in [0.29, 0.717) is 12.8 Å². The maximum atomic E-state index is 12.2. The predicted molar refractivity (Wildman–Crippen MR) is 83.7 cm³/mol. The van der Waals surface area contributed by atoms with E-state index in [4.69, 9.17) is 0 Å². The molecule has 1 fully saturated rings. The van der Waals surface area contributed by atoms with Crippen LogP contribution in [0.15, 0.2) is 37.0 Å². The molecule has 0 unspecified atom stereocenters. The average molecular weight is 291 g/mol. The van der Waals surface area contributed by atoms with Gasteiger partial charge in [-0.15, -0.1) is 0 Å². The van der Waals surface area contributed by atoms with Gasteiger partial charge in [-0.2, -0.15) is 0 Å². The highest BCUT2D eigenvalue weighted by molar-refractivity contribution is 5.78. The van der Waals surface area contributed by atoms with Crippen LogP contribution in [0.3, 0.4) is 0 Å². The molecule has 0 N–H and O–H groups in total. The van der Waals surface area contributed by atoms with Crippen LogP contribution in [-0.4, -0.2) is 36.5 Å². The molecule has 0 aromatic carbocycles. The summed E-state index contributed by atoms with van der Waals surface area (Å²) in [6.07, 6.45) is 9.51. The van der Waals surface area contributed by atoms with E-state index in [1.54, 1.807) is 6.08 Å². The van der Waals surface area contributed by atoms with E-state index >= 15 is 0 Å². The molecule has 0 radical (unpaired) electrons. The maximum absolute atomic E-state index is 12.2. The predicted octanol–water partition coefficient (Wildman–Crippen LogP) is 3.01. The third-order valence-corrected chi connectivity index (χ3v) is 4.04. The summed E-state index contributed by atoms with van der Waals surface area (Å²) in [6.45, 7) is 7.50. The molecule has 4 heteroatoms. The number of amides is 1. The SMILES string of the molecule is C=C/C=C(\C=C)CC1(N(C)C(=O)CCCC(=O)OC)CC1. The van der Waals surface area contributed by atoms with Crippen molar-refractivity contribution in [2.24, 2.45) is 0 Å². The molecule has 1 aliphatic carbocycles. The van der Waals surface area contributed by atoms with Gasteiger partial charge in [0.1, 0.15) is 0 Å². The lowest BCUT2D eigenvalue weighted by atomic mass is 10.0. The van der Waals surface area contributed by atoms with Gasteiger partial charge < -0.3 is 9.64 Å². The number of hydrogen-bond acceptors (Lipinski definition) is 3. The molecule has 0 aromatic heterocycles. The summed E-state index contributed by atoms with van der Waals surface area (Å²) in [7, 11) is 3.21. The zero-order valence-electron chi connectivity index (χ0n) is 13.1. The van der Waals surface area contributed by atoms with Crippen LogP contribution in [0.4, 0.5) is 0 Å². The zero-order valence-corrected chi connectivity index (χ0v) is 13.1. The number of carbonyl (C=O) groups excluding carboxylic acids is 2. The minimum atomic E-state index is -0.269. The third kappa shape index (κ3) is 4.88. The Labute approximate surface area is 127 Å². The summed E-state index contributed by atoms with van der Waals surface area (Å²) in [5.74, 6) is -0.187. The van der Waals surface area contributed by atoms with Gasteiger partial charge in [-0.25, -0.2) is 0 Å².